The average Bonchev–Trinajstić information content (AvgIpc) is 3.40. The minimum atomic E-state index is -0.580. The van der Waals surface area contributed by atoms with Crippen molar-refractivity contribution in [1.82, 2.24) is 14.8 Å². The zero-order valence-corrected chi connectivity index (χ0v) is 24.6. The largest absolute Gasteiger partial charge is 0.383 e. The van der Waals surface area contributed by atoms with Crippen LogP contribution < -0.4 is 4.90 Å². The van der Waals surface area contributed by atoms with Crippen molar-refractivity contribution >= 4 is 45.7 Å². The first-order valence-corrected chi connectivity index (χ1v) is 13.9. The van der Waals surface area contributed by atoms with Gasteiger partial charge in [-0.3, -0.25) is 19.7 Å². The lowest BCUT2D eigenvalue weighted by Crippen LogP contribution is -2.44. The van der Waals surface area contributed by atoms with E-state index in [1.54, 1.807) is 4.90 Å². The fourth-order valence-corrected chi connectivity index (χ4v) is 4.94. The molecular weight excluding hydrogens is 558 g/mol. The van der Waals surface area contributed by atoms with Crippen LogP contribution in [0.15, 0.2) is 72.9 Å². The summed E-state index contributed by atoms with van der Waals surface area (Å²) < 4.78 is 5.20. The lowest BCUT2D eigenvalue weighted by molar-refractivity contribution is -0.384. The number of ether oxygens (including phenoxy) is 1. The van der Waals surface area contributed by atoms with Gasteiger partial charge in [-0.25, -0.2) is 0 Å². The molecular formula is C31H34ClN5O5. The van der Waals surface area contributed by atoms with Crippen molar-refractivity contribution in [2.24, 2.45) is 0 Å². The van der Waals surface area contributed by atoms with Crippen molar-refractivity contribution in [1.29, 1.82) is 0 Å². The van der Waals surface area contributed by atoms with Crippen molar-refractivity contribution in [2.75, 3.05) is 52.3 Å². The quantitative estimate of drug-likeness (QED) is 0.170. The number of hydrogen-bond donors (Lipinski definition) is 1. The predicted octanol–water partition coefficient (Wildman–Crippen LogP) is 5.16. The summed E-state index contributed by atoms with van der Waals surface area (Å²) in [5, 5.41) is 12.2. The Morgan fingerprint density at radius 1 is 1.00 bits per heavy atom. The smallest absolute Gasteiger partial charge is 0.270 e. The Kier molecular flexibility index (Phi) is 10.2. The lowest BCUT2D eigenvalue weighted by atomic mass is 10.1. The number of non-ortho nitro benzene ring substituents is 1. The monoisotopic (exact) mass is 591 g/mol. The number of benzene rings is 3. The summed E-state index contributed by atoms with van der Waals surface area (Å²) >= 11 is 6.26. The van der Waals surface area contributed by atoms with E-state index in [9.17, 15) is 19.7 Å². The third-order valence-electron chi connectivity index (χ3n) is 7.08. The number of nitro benzene ring substituents is 1. The number of nitrogens with one attached hydrogen (secondary N) is 1. The highest BCUT2D eigenvalue weighted by Crippen LogP contribution is 2.24. The Balaban J connectivity index is 1.57. The fourth-order valence-electron chi connectivity index (χ4n) is 4.68. The summed E-state index contributed by atoms with van der Waals surface area (Å²) in [6, 6.07) is 19.7. The molecule has 0 aliphatic heterocycles. The van der Waals surface area contributed by atoms with Gasteiger partial charge in [0.05, 0.1) is 22.1 Å². The Labute approximate surface area is 249 Å². The molecule has 1 aromatic heterocycles. The first kappa shape index (κ1) is 30.5. The van der Waals surface area contributed by atoms with E-state index in [0.717, 1.165) is 33.8 Å². The minimum absolute atomic E-state index is 0.0544. The standard InChI is InChI=1S/C31H34ClN5O5/c1-34(2)24-10-8-22(9-11-24)20-35(15-14-23-19-33-29-7-5-4-6-26(23)29)30(38)21-36(16-17-42-3)31(39)27-13-12-25(37(40)41)18-28(27)32/h4-13,18-19,33H,14-17,20-21H2,1-3H3. The van der Waals surface area contributed by atoms with E-state index in [-0.39, 0.29) is 41.9 Å². The Morgan fingerprint density at radius 2 is 1.74 bits per heavy atom. The van der Waals surface area contributed by atoms with Crippen molar-refractivity contribution in [3.63, 3.8) is 0 Å². The summed E-state index contributed by atoms with van der Waals surface area (Å²) in [7, 11) is 5.44. The number of nitrogens with zero attached hydrogens (tertiary/aromatic N) is 4. The van der Waals surface area contributed by atoms with E-state index in [0.29, 0.717) is 19.5 Å². The molecule has 0 saturated heterocycles. The Hall–Kier alpha value is -4.41. The second-order valence-electron chi connectivity index (χ2n) is 10.1. The lowest BCUT2D eigenvalue weighted by Gasteiger charge is -2.28. The number of methoxy groups -OCH3 is 1. The van der Waals surface area contributed by atoms with E-state index >= 15 is 0 Å². The molecule has 0 fully saturated rings. The molecule has 0 saturated carbocycles. The SMILES string of the molecule is COCCN(CC(=O)N(CCc1c[nH]c2ccccc12)Cc1ccc(N(C)C)cc1)C(=O)c1ccc([N+](=O)[O-])cc1Cl. The summed E-state index contributed by atoms with van der Waals surface area (Å²) in [5.41, 5.74) is 3.99. The molecule has 0 atom stereocenters. The number of rotatable bonds is 13. The van der Waals surface area contributed by atoms with Crippen LogP contribution in [0.25, 0.3) is 10.9 Å². The van der Waals surface area contributed by atoms with Gasteiger partial charge >= 0.3 is 0 Å². The first-order chi connectivity index (χ1) is 20.2. The normalized spacial score (nSPS) is 11.0. The van der Waals surface area contributed by atoms with E-state index in [2.05, 4.69) is 4.98 Å². The molecule has 0 unspecified atom stereocenters. The van der Waals surface area contributed by atoms with Gasteiger partial charge in [0.25, 0.3) is 11.6 Å². The molecule has 220 valence electrons. The molecule has 0 aliphatic rings. The molecule has 42 heavy (non-hydrogen) atoms. The summed E-state index contributed by atoms with van der Waals surface area (Å²) in [6.07, 6.45) is 2.58. The van der Waals surface area contributed by atoms with Crippen LogP contribution >= 0.6 is 11.6 Å². The van der Waals surface area contributed by atoms with Crippen LogP contribution in [0, 0.1) is 10.1 Å². The first-order valence-electron chi connectivity index (χ1n) is 13.5. The van der Waals surface area contributed by atoms with Crippen molar-refractivity contribution in [3.05, 3.63) is 105 Å². The van der Waals surface area contributed by atoms with Gasteiger partial charge in [-0.05, 0) is 41.8 Å². The molecule has 0 aliphatic carbocycles. The number of amides is 2. The maximum absolute atomic E-state index is 13.8. The topological polar surface area (TPSA) is 112 Å². The molecule has 0 radical (unpaired) electrons. The summed E-state index contributed by atoms with van der Waals surface area (Å²) in [6.45, 7) is 0.923. The van der Waals surface area contributed by atoms with Crippen molar-refractivity contribution in [2.45, 2.75) is 13.0 Å². The molecule has 11 heteroatoms. The number of carbonyl (C=O) groups is 2. The highest BCUT2D eigenvalue weighted by molar-refractivity contribution is 6.34. The molecule has 4 aromatic rings. The molecule has 1 N–H and O–H groups in total. The van der Waals surface area contributed by atoms with Gasteiger partial charge in [-0.1, -0.05) is 41.9 Å². The second-order valence-corrected chi connectivity index (χ2v) is 10.5. The number of nitro groups is 1. The number of aromatic amines is 1. The van der Waals surface area contributed by atoms with Crippen LogP contribution in [0.5, 0.6) is 0 Å². The number of hydrogen-bond acceptors (Lipinski definition) is 6. The van der Waals surface area contributed by atoms with Crippen LogP contribution in [-0.4, -0.2) is 79.0 Å². The molecule has 4 rings (SSSR count). The Morgan fingerprint density at radius 3 is 2.40 bits per heavy atom. The van der Waals surface area contributed by atoms with Gasteiger partial charge in [-0.15, -0.1) is 0 Å². The maximum atomic E-state index is 13.8. The molecule has 0 spiro atoms. The number of fused-ring (bicyclic) bond motifs is 1. The Bertz CT molecular complexity index is 1550. The van der Waals surface area contributed by atoms with Gasteiger partial charge < -0.3 is 24.4 Å². The summed E-state index contributed by atoms with van der Waals surface area (Å²) in [4.78, 5) is 46.3. The van der Waals surface area contributed by atoms with Gasteiger partial charge in [0.1, 0.15) is 6.54 Å². The van der Waals surface area contributed by atoms with Gasteiger partial charge in [0.15, 0.2) is 0 Å². The van der Waals surface area contributed by atoms with Gasteiger partial charge in [-0.2, -0.15) is 0 Å². The number of para-hydroxylation sites is 1. The number of anilines is 1. The van der Waals surface area contributed by atoms with Gasteiger partial charge in [0, 0.05) is 75.8 Å². The number of H-pyrrole nitrogens is 1. The zero-order valence-electron chi connectivity index (χ0n) is 23.9. The number of carbonyl (C=O) groups excluding carboxylic acids is 2. The average molecular weight is 592 g/mol. The second kappa shape index (κ2) is 14.0. The molecule has 1 heterocycles. The highest BCUT2D eigenvalue weighted by Gasteiger charge is 2.25. The van der Waals surface area contributed by atoms with Crippen LogP contribution in [0.3, 0.4) is 0 Å². The van der Waals surface area contributed by atoms with Gasteiger partial charge in [0.2, 0.25) is 5.91 Å². The van der Waals surface area contributed by atoms with E-state index in [1.165, 1.54) is 24.1 Å². The van der Waals surface area contributed by atoms with E-state index in [1.807, 2.05) is 73.7 Å². The van der Waals surface area contributed by atoms with Crippen LogP contribution in [0.4, 0.5) is 11.4 Å². The highest BCUT2D eigenvalue weighted by atomic mass is 35.5. The third kappa shape index (κ3) is 7.45. The predicted molar refractivity (Wildman–Crippen MR) is 164 cm³/mol. The van der Waals surface area contributed by atoms with Crippen LogP contribution in [0.2, 0.25) is 5.02 Å². The summed E-state index contributed by atoms with van der Waals surface area (Å²) in [5.74, 6) is -0.749. The van der Waals surface area contributed by atoms with Crippen molar-refractivity contribution in [3.8, 4) is 0 Å². The number of halogens is 1. The maximum Gasteiger partial charge on any atom is 0.270 e. The fraction of sp³-hybridized carbons (Fsp3) is 0.290. The molecule has 2 amide bonds. The van der Waals surface area contributed by atoms with Crippen LogP contribution in [-0.2, 0) is 22.5 Å². The third-order valence-corrected chi connectivity index (χ3v) is 7.39. The van der Waals surface area contributed by atoms with E-state index in [4.69, 9.17) is 16.3 Å². The number of aromatic nitrogens is 1. The zero-order chi connectivity index (χ0) is 30.2. The molecule has 10 nitrogen and oxygen atoms in total. The van der Waals surface area contributed by atoms with Crippen LogP contribution in [0.1, 0.15) is 21.5 Å². The minimum Gasteiger partial charge on any atom is -0.383 e. The van der Waals surface area contributed by atoms with Crippen molar-refractivity contribution < 1.29 is 19.2 Å². The molecule has 0 bridgehead atoms. The van der Waals surface area contributed by atoms with E-state index < -0.39 is 10.8 Å². The molecule has 3 aromatic carbocycles.